The quantitative estimate of drug-likeness (QED) is 0.474. The minimum absolute atomic E-state index is 0.415. The molecule has 0 N–H and O–H groups in total. The van der Waals surface area contributed by atoms with E-state index < -0.39 is 6.29 Å². The molecule has 1 aromatic carbocycles. The van der Waals surface area contributed by atoms with Crippen LogP contribution in [0.1, 0.15) is 37.6 Å². The predicted molar refractivity (Wildman–Crippen MR) is 122 cm³/mol. The van der Waals surface area contributed by atoms with Crippen LogP contribution in [0.2, 0.25) is 0 Å². The highest BCUT2D eigenvalue weighted by molar-refractivity contribution is 7.10. The lowest BCUT2D eigenvalue weighted by Crippen LogP contribution is -2.33. The molecular formula is C24H30N2O4S. The van der Waals surface area contributed by atoms with Crippen molar-refractivity contribution in [3.8, 4) is 34.6 Å². The van der Waals surface area contributed by atoms with Crippen molar-refractivity contribution in [2.45, 2.75) is 38.9 Å². The topological polar surface area (TPSA) is 53.1 Å². The zero-order chi connectivity index (χ0) is 21.5. The van der Waals surface area contributed by atoms with Crippen LogP contribution in [-0.4, -0.2) is 62.2 Å². The smallest absolute Gasteiger partial charge is 0.222 e. The number of likely N-dealkylation sites (tertiary alicyclic amines) is 1. The van der Waals surface area contributed by atoms with Gasteiger partial charge in [0.25, 0.3) is 0 Å². The van der Waals surface area contributed by atoms with E-state index in [1.54, 1.807) is 11.3 Å². The standard InChI is InChI=1S/C24H30N2O4S/c1-3-27-23(28-4-2)6-5-11-26-12-9-18(10-13-26)24-25-20(17-31-24)19-7-8-21-22(16-19)30-15-14-29-21/h7-8,16-18,23H,3-4,9-15H2,1-2H3. The third-order valence-corrected chi connectivity index (χ3v) is 6.46. The second-order valence-electron chi connectivity index (χ2n) is 7.54. The van der Waals surface area contributed by atoms with Crippen LogP contribution >= 0.6 is 11.3 Å². The summed E-state index contributed by atoms with van der Waals surface area (Å²) in [6, 6.07) is 6.07. The molecule has 31 heavy (non-hydrogen) atoms. The molecule has 0 unspecified atom stereocenters. The first kappa shape index (κ1) is 22.1. The van der Waals surface area contributed by atoms with E-state index in [0.717, 1.165) is 55.2 Å². The van der Waals surface area contributed by atoms with Gasteiger partial charge in [0, 0.05) is 30.1 Å². The first-order valence-electron chi connectivity index (χ1n) is 11.1. The predicted octanol–water partition coefficient (Wildman–Crippen LogP) is 4.16. The SMILES string of the molecule is CCOC(C#CCN1CCC(c2nc(-c3ccc4c(c3)OCCO4)cs2)CC1)OCC. The van der Waals surface area contributed by atoms with Crippen molar-refractivity contribution in [2.24, 2.45) is 0 Å². The second kappa shape index (κ2) is 11.0. The first-order chi connectivity index (χ1) is 15.3. The van der Waals surface area contributed by atoms with Crippen molar-refractivity contribution in [1.82, 2.24) is 9.88 Å². The average Bonchev–Trinajstić information content (AvgIpc) is 3.30. The molecule has 0 atom stereocenters. The Kier molecular flexibility index (Phi) is 7.81. The molecule has 0 radical (unpaired) electrons. The number of nitrogens with zero attached hydrogens (tertiary/aromatic N) is 2. The lowest BCUT2D eigenvalue weighted by Gasteiger charge is -2.29. The summed E-state index contributed by atoms with van der Waals surface area (Å²) in [6.45, 7) is 9.14. The zero-order valence-corrected chi connectivity index (χ0v) is 19.1. The van der Waals surface area contributed by atoms with Crippen LogP contribution in [0, 0.1) is 11.8 Å². The van der Waals surface area contributed by atoms with Gasteiger partial charge in [-0.15, -0.1) is 11.3 Å². The molecule has 1 saturated heterocycles. The van der Waals surface area contributed by atoms with Crippen molar-refractivity contribution < 1.29 is 18.9 Å². The van der Waals surface area contributed by atoms with Crippen LogP contribution in [0.25, 0.3) is 11.3 Å². The van der Waals surface area contributed by atoms with Gasteiger partial charge in [0.2, 0.25) is 6.29 Å². The Labute approximate surface area is 188 Å². The number of benzene rings is 1. The summed E-state index contributed by atoms with van der Waals surface area (Å²) in [5.74, 6) is 8.45. The molecule has 1 fully saturated rings. The normalized spacial score (nSPS) is 16.9. The molecule has 6 nitrogen and oxygen atoms in total. The highest BCUT2D eigenvalue weighted by Gasteiger charge is 2.23. The van der Waals surface area contributed by atoms with E-state index in [9.17, 15) is 0 Å². The molecular weight excluding hydrogens is 412 g/mol. The number of thiazole rings is 1. The number of fused-ring (bicyclic) bond motifs is 1. The van der Waals surface area contributed by atoms with Crippen molar-refractivity contribution in [3.63, 3.8) is 0 Å². The maximum Gasteiger partial charge on any atom is 0.222 e. The summed E-state index contributed by atoms with van der Waals surface area (Å²) in [5.41, 5.74) is 2.10. The van der Waals surface area contributed by atoms with Crippen LogP contribution in [0.15, 0.2) is 23.6 Å². The highest BCUT2D eigenvalue weighted by Crippen LogP contribution is 2.37. The van der Waals surface area contributed by atoms with Crippen LogP contribution in [0.3, 0.4) is 0 Å². The molecule has 166 valence electrons. The Balaban J connectivity index is 1.30. The second-order valence-corrected chi connectivity index (χ2v) is 8.43. The Bertz CT molecular complexity index is 906. The van der Waals surface area contributed by atoms with Gasteiger partial charge >= 0.3 is 0 Å². The fourth-order valence-corrected chi connectivity index (χ4v) is 4.82. The van der Waals surface area contributed by atoms with Crippen molar-refractivity contribution in [3.05, 3.63) is 28.6 Å². The third kappa shape index (κ3) is 5.78. The molecule has 1 aromatic heterocycles. The minimum atomic E-state index is -0.415. The van der Waals surface area contributed by atoms with Crippen LogP contribution in [-0.2, 0) is 9.47 Å². The number of ether oxygens (including phenoxy) is 4. The van der Waals surface area contributed by atoms with Gasteiger partial charge in [0.15, 0.2) is 11.5 Å². The Hall–Kier alpha value is -2.11. The average molecular weight is 443 g/mol. The molecule has 0 aliphatic carbocycles. The number of hydrogen-bond donors (Lipinski definition) is 0. The lowest BCUT2D eigenvalue weighted by molar-refractivity contribution is -0.0970. The fraction of sp³-hybridized carbons (Fsp3) is 0.542. The molecule has 0 saturated carbocycles. The summed E-state index contributed by atoms with van der Waals surface area (Å²) < 4.78 is 22.3. The Morgan fingerprint density at radius 3 is 2.61 bits per heavy atom. The molecule has 7 heteroatoms. The van der Waals surface area contributed by atoms with Gasteiger partial charge in [-0.25, -0.2) is 4.98 Å². The van der Waals surface area contributed by atoms with Crippen LogP contribution < -0.4 is 9.47 Å². The van der Waals surface area contributed by atoms with Gasteiger partial charge in [0.05, 0.1) is 17.2 Å². The zero-order valence-electron chi connectivity index (χ0n) is 18.3. The van der Waals surface area contributed by atoms with Crippen LogP contribution in [0.4, 0.5) is 0 Å². The lowest BCUT2D eigenvalue weighted by atomic mass is 9.97. The van der Waals surface area contributed by atoms with Crippen LogP contribution in [0.5, 0.6) is 11.5 Å². The van der Waals surface area contributed by atoms with E-state index in [1.165, 1.54) is 5.01 Å². The van der Waals surface area contributed by atoms with E-state index in [0.29, 0.717) is 32.3 Å². The number of aromatic nitrogens is 1. The van der Waals surface area contributed by atoms with Gasteiger partial charge in [-0.05, 0) is 63.9 Å². The largest absolute Gasteiger partial charge is 0.486 e. The molecule has 3 heterocycles. The van der Waals surface area contributed by atoms with Crippen molar-refractivity contribution in [1.29, 1.82) is 0 Å². The number of hydrogen-bond acceptors (Lipinski definition) is 7. The van der Waals surface area contributed by atoms with Crippen molar-refractivity contribution in [2.75, 3.05) is 46.1 Å². The molecule has 4 rings (SSSR count). The number of piperidine rings is 1. The maximum atomic E-state index is 5.71. The van der Waals surface area contributed by atoms with Gasteiger partial charge in [-0.1, -0.05) is 5.92 Å². The molecule has 0 spiro atoms. The summed E-state index contributed by atoms with van der Waals surface area (Å²) in [7, 11) is 0. The molecule has 0 amide bonds. The first-order valence-corrected chi connectivity index (χ1v) is 11.9. The van der Waals surface area contributed by atoms with Crippen molar-refractivity contribution >= 4 is 11.3 Å². The Morgan fingerprint density at radius 1 is 1.13 bits per heavy atom. The molecule has 2 aliphatic rings. The molecule has 2 aliphatic heterocycles. The van der Waals surface area contributed by atoms with E-state index >= 15 is 0 Å². The molecule has 0 bridgehead atoms. The highest BCUT2D eigenvalue weighted by atomic mass is 32.1. The van der Waals surface area contributed by atoms with Gasteiger partial charge in [-0.3, -0.25) is 4.90 Å². The summed E-state index contributed by atoms with van der Waals surface area (Å²) >= 11 is 1.76. The van der Waals surface area contributed by atoms with E-state index in [2.05, 4.69) is 28.2 Å². The summed E-state index contributed by atoms with van der Waals surface area (Å²) in [5, 5.41) is 3.38. The minimum Gasteiger partial charge on any atom is -0.486 e. The van der Waals surface area contributed by atoms with E-state index in [-0.39, 0.29) is 0 Å². The van der Waals surface area contributed by atoms with Gasteiger partial charge in [0.1, 0.15) is 13.2 Å². The number of rotatable bonds is 7. The summed E-state index contributed by atoms with van der Waals surface area (Å²) in [6.07, 6.45) is 1.80. The fourth-order valence-electron chi connectivity index (χ4n) is 3.82. The monoisotopic (exact) mass is 442 g/mol. The third-order valence-electron chi connectivity index (χ3n) is 5.46. The van der Waals surface area contributed by atoms with Gasteiger partial charge < -0.3 is 18.9 Å². The maximum absolute atomic E-state index is 5.71. The van der Waals surface area contributed by atoms with E-state index in [4.69, 9.17) is 23.9 Å². The van der Waals surface area contributed by atoms with E-state index in [1.807, 2.05) is 26.0 Å². The molecule has 2 aromatic rings. The summed E-state index contributed by atoms with van der Waals surface area (Å²) in [4.78, 5) is 7.34. The van der Waals surface area contributed by atoms with Gasteiger partial charge in [-0.2, -0.15) is 0 Å². The Morgan fingerprint density at radius 2 is 1.87 bits per heavy atom.